The quantitative estimate of drug-likeness (QED) is 0.815. The molecule has 110 valence electrons. The van der Waals surface area contributed by atoms with E-state index in [4.69, 9.17) is 0 Å². The van der Waals surface area contributed by atoms with Gasteiger partial charge in [-0.2, -0.15) is 0 Å². The Morgan fingerprint density at radius 3 is 2.60 bits per heavy atom. The fourth-order valence-electron chi connectivity index (χ4n) is 3.87. The van der Waals surface area contributed by atoms with Crippen LogP contribution < -0.4 is 5.32 Å². The van der Waals surface area contributed by atoms with Gasteiger partial charge in [-0.3, -0.25) is 0 Å². The van der Waals surface area contributed by atoms with Gasteiger partial charge >= 0.3 is 0 Å². The van der Waals surface area contributed by atoms with Gasteiger partial charge in [0, 0.05) is 4.47 Å². The molecule has 1 aliphatic heterocycles. The number of halogens is 1. The minimum Gasteiger partial charge on any atom is -0.316 e. The molecule has 2 aliphatic rings. The van der Waals surface area contributed by atoms with Gasteiger partial charge in [0.2, 0.25) is 0 Å². The van der Waals surface area contributed by atoms with E-state index < -0.39 is 0 Å². The van der Waals surface area contributed by atoms with E-state index in [0.717, 1.165) is 11.8 Å². The van der Waals surface area contributed by atoms with Crippen molar-refractivity contribution in [2.75, 3.05) is 13.1 Å². The van der Waals surface area contributed by atoms with Crippen LogP contribution in [0.2, 0.25) is 0 Å². The third-order valence-corrected chi connectivity index (χ3v) is 5.72. The third-order valence-electron chi connectivity index (χ3n) is 5.03. The fraction of sp³-hybridized carbons (Fsp3) is 0.667. The SMILES string of the molecule is Brc1cc(CC2CCCNC2)ccc1C1CCCCC1. The minimum absolute atomic E-state index is 0.795. The first kappa shape index (κ1) is 14.6. The molecule has 1 aliphatic carbocycles. The van der Waals surface area contributed by atoms with Crippen LogP contribution in [0.5, 0.6) is 0 Å². The van der Waals surface area contributed by atoms with Crippen molar-refractivity contribution in [1.29, 1.82) is 0 Å². The van der Waals surface area contributed by atoms with Crippen molar-refractivity contribution >= 4 is 15.9 Å². The zero-order valence-corrected chi connectivity index (χ0v) is 13.9. The second-order valence-corrected chi connectivity index (χ2v) is 7.46. The number of benzene rings is 1. The lowest BCUT2D eigenvalue weighted by atomic mass is 9.83. The van der Waals surface area contributed by atoms with Crippen LogP contribution in [0.3, 0.4) is 0 Å². The van der Waals surface area contributed by atoms with Crippen molar-refractivity contribution in [2.45, 2.75) is 57.3 Å². The molecule has 1 aromatic rings. The summed E-state index contributed by atoms with van der Waals surface area (Å²) in [5.74, 6) is 1.62. The molecule has 1 nitrogen and oxygen atoms in total. The highest BCUT2D eigenvalue weighted by Gasteiger charge is 2.19. The molecule has 1 heterocycles. The molecule has 2 heteroatoms. The molecule has 1 saturated carbocycles. The Kier molecular flexibility index (Phi) is 5.17. The maximum absolute atomic E-state index is 3.83. The van der Waals surface area contributed by atoms with Crippen LogP contribution in [0.4, 0.5) is 0 Å². The molecule has 0 aromatic heterocycles. The smallest absolute Gasteiger partial charge is 0.0212 e. The summed E-state index contributed by atoms with van der Waals surface area (Å²) in [7, 11) is 0. The van der Waals surface area contributed by atoms with Gasteiger partial charge in [-0.15, -0.1) is 0 Å². The van der Waals surface area contributed by atoms with E-state index in [0.29, 0.717) is 0 Å². The normalized spacial score (nSPS) is 24.8. The average molecular weight is 336 g/mol. The molecule has 1 saturated heterocycles. The standard InChI is InChI=1S/C18H26BrN/c19-18-12-14(11-15-5-4-10-20-13-15)8-9-17(18)16-6-2-1-3-7-16/h8-9,12,15-16,20H,1-7,10-11,13H2. The maximum atomic E-state index is 3.83. The van der Waals surface area contributed by atoms with Crippen molar-refractivity contribution in [1.82, 2.24) is 5.32 Å². The van der Waals surface area contributed by atoms with E-state index in [1.807, 2.05) is 0 Å². The molecule has 1 atom stereocenters. The van der Waals surface area contributed by atoms with Gasteiger partial charge in [0.25, 0.3) is 0 Å². The van der Waals surface area contributed by atoms with Crippen molar-refractivity contribution in [3.8, 4) is 0 Å². The van der Waals surface area contributed by atoms with Crippen LogP contribution in [-0.4, -0.2) is 13.1 Å². The number of hydrogen-bond acceptors (Lipinski definition) is 1. The lowest BCUT2D eigenvalue weighted by Crippen LogP contribution is -2.30. The first-order chi connectivity index (χ1) is 9.83. The number of rotatable bonds is 3. The van der Waals surface area contributed by atoms with Gasteiger partial charge in [0.15, 0.2) is 0 Å². The Labute approximate surface area is 131 Å². The predicted molar refractivity (Wildman–Crippen MR) is 89.3 cm³/mol. The highest BCUT2D eigenvalue weighted by atomic mass is 79.9. The predicted octanol–water partition coefficient (Wildman–Crippen LogP) is 5.04. The second kappa shape index (κ2) is 7.09. The van der Waals surface area contributed by atoms with Crippen LogP contribution in [0, 0.1) is 5.92 Å². The molecular weight excluding hydrogens is 310 g/mol. The minimum atomic E-state index is 0.795. The molecule has 1 N–H and O–H groups in total. The van der Waals surface area contributed by atoms with E-state index in [1.54, 1.807) is 5.56 Å². The molecule has 3 rings (SSSR count). The Hall–Kier alpha value is -0.340. The second-order valence-electron chi connectivity index (χ2n) is 6.61. The summed E-state index contributed by atoms with van der Waals surface area (Å²) in [6, 6.07) is 7.16. The topological polar surface area (TPSA) is 12.0 Å². The van der Waals surface area contributed by atoms with Gasteiger partial charge < -0.3 is 5.32 Å². The van der Waals surface area contributed by atoms with E-state index in [2.05, 4.69) is 39.4 Å². The van der Waals surface area contributed by atoms with Crippen molar-refractivity contribution in [3.05, 3.63) is 33.8 Å². The Balaban J connectivity index is 1.66. The molecule has 0 bridgehead atoms. The highest BCUT2D eigenvalue weighted by Crippen LogP contribution is 2.37. The molecule has 0 spiro atoms. The Morgan fingerprint density at radius 2 is 1.90 bits per heavy atom. The van der Waals surface area contributed by atoms with Crippen molar-refractivity contribution in [3.63, 3.8) is 0 Å². The lowest BCUT2D eigenvalue weighted by Gasteiger charge is -2.25. The number of hydrogen-bond donors (Lipinski definition) is 1. The summed E-state index contributed by atoms with van der Waals surface area (Å²) in [4.78, 5) is 0. The van der Waals surface area contributed by atoms with Crippen LogP contribution in [0.15, 0.2) is 22.7 Å². The van der Waals surface area contributed by atoms with Crippen LogP contribution in [0.1, 0.15) is 62.0 Å². The van der Waals surface area contributed by atoms with E-state index in [9.17, 15) is 0 Å². The van der Waals surface area contributed by atoms with Gasteiger partial charge in [-0.25, -0.2) is 0 Å². The Morgan fingerprint density at radius 1 is 1.05 bits per heavy atom. The van der Waals surface area contributed by atoms with Gasteiger partial charge in [0.1, 0.15) is 0 Å². The lowest BCUT2D eigenvalue weighted by molar-refractivity contribution is 0.376. The molecule has 1 aromatic carbocycles. The first-order valence-corrected chi connectivity index (χ1v) is 9.11. The summed E-state index contributed by atoms with van der Waals surface area (Å²) in [5.41, 5.74) is 3.06. The summed E-state index contributed by atoms with van der Waals surface area (Å²) < 4.78 is 1.35. The van der Waals surface area contributed by atoms with E-state index >= 15 is 0 Å². The molecule has 0 radical (unpaired) electrons. The van der Waals surface area contributed by atoms with Crippen LogP contribution in [-0.2, 0) is 6.42 Å². The number of piperidine rings is 1. The molecular formula is C18H26BrN. The van der Waals surface area contributed by atoms with Crippen LogP contribution in [0.25, 0.3) is 0 Å². The van der Waals surface area contributed by atoms with Crippen LogP contribution >= 0.6 is 15.9 Å². The zero-order chi connectivity index (χ0) is 13.8. The monoisotopic (exact) mass is 335 g/mol. The summed E-state index contributed by atoms with van der Waals surface area (Å²) >= 11 is 3.83. The van der Waals surface area contributed by atoms with Crippen molar-refractivity contribution in [2.24, 2.45) is 5.92 Å². The number of nitrogens with one attached hydrogen (secondary N) is 1. The fourth-order valence-corrected chi connectivity index (χ4v) is 4.62. The van der Waals surface area contributed by atoms with E-state index in [1.165, 1.54) is 74.5 Å². The largest absolute Gasteiger partial charge is 0.316 e. The van der Waals surface area contributed by atoms with Gasteiger partial charge in [-0.1, -0.05) is 47.3 Å². The van der Waals surface area contributed by atoms with Gasteiger partial charge in [0.05, 0.1) is 0 Å². The molecule has 20 heavy (non-hydrogen) atoms. The van der Waals surface area contributed by atoms with Gasteiger partial charge in [-0.05, 0) is 74.2 Å². The molecule has 1 unspecified atom stereocenters. The molecule has 0 amide bonds. The van der Waals surface area contributed by atoms with E-state index in [-0.39, 0.29) is 0 Å². The van der Waals surface area contributed by atoms with Crippen molar-refractivity contribution < 1.29 is 0 Å². The first-order valence-electron chi connectivity index (χ1n) is 8.32. The maximum Gasteiger partial charge on any atom is 0.0212 e. The summed E-state index contributed by atoms with van der Waals surface area (Å²) in [6.45, 7) is 2.41. The summed E-state index contributed by atoms with van der Waals surface area (Å²) in [6.07, 6.45) is 11.0. The zero-order valence-electron chi connectivity index (χ0n) is 12.3. The summed E-state index contributed by atoms with van der Waals surface area (Å²) in [5, 5.41) is 3.52. The highest BCUT2D eigenvalue weighted by molar-refractivity contribution is 9.10. The molecule has 2 fully saturated rings. The Bertz CT molecular complexity index is 431. The average Bonchev–Trinajstić information content (AvgIpc) is 2.49. The third kappa shape index (κ3) is 3.65.